The molecule has 1 aliphatic heterocycles. The standard InChI is InChI=1S/C15H24N2O2/c1-4-19-14-8-6-5-7-13(14)17-9-12(10-18)16-15(2,3)11-17/h5-8,12,16,18H,4,9-11H2,1-3H3. The zero-order valence-corrected chi connectivity index (χ0v) is 12.0. The lowest BCUT2D eigenvalue weighted by molar-refractivity contribution is 0.191. The van der Waals surface area contributed by atoms with Crippen molar-refractivity contribution < 1.29 is 9.84 Å². The van der Waals surface area contributed by atoms with Crippen molar-refractivity contribution in [3.8, 4) is 5.75 Å². The van der Waals surface area contributed by atoms with Gasteiger partial charge < -0.3 is 20.1 Å². The van der Waals surface area contributed by atoms with Gasteiger partial charge in [-0.2, -0.15) is 0 Å². The molecule has 1 aliphatic rings. The van der Waals surface area contributed by atoms with E-state index in [-0.39, 0.29) is 18.2 Å². The number of rotatable bonds is 4. The van der Waals surface area contributed by atoms with Gasteiger partial charge in [0, 0.05) is 24.7 Å². The van der Waals surface area contributed by atoms with Crippen LogP contribution in [0.4, 0.5) is 5.69 Å². The molecule has 4 nitrogen and oxygen atoms in total. The maximum atomic E-state index is 9.44. The van der Waals surface area contributed by atoms with Crippen LogP contribution in [0.2, 0.25) is 0 Å². The van der Waals surface area contributed by atoms with Crippen molar-refractivity contribution in [3.63, 3.8) is 0 Å². The highest BCUT2D eigenvalue weighted by Crippen LogP contribution is 2.30. The van der Waals surface area contributed by atoms with Crippen LogP contribution in [0.25, 0.3) is 0 Å². The van der Waals surface area contributed by atoms with Crippen LogP contribution >= 0.6 is 0 Å². The van der Waals surface area contributed by atoms with Gasteiger partial charge >= 0.3 is 0 Å². The molecule has 2 rings (SSSR count). The quantitative estimate of drug-likeness (QED) is 0.867. The van der Waals surface area contributed by atoms with Crippen LogP contribution in [0.15, 0.2) is 24.3 Å². The summed E-state index contributed by atoms with van der Waals surface area (Å²) in [5.41, 5.74) is 1.09. The Balaban J connectivity index is 2.25. The lowest BCUT2D eigenvalue weighted by Crippen LogP contribution is -2.63. The van der Waals surface area contributed by atoms with E-state index in [2.05, 4.69) is 30.1 Å². The van der Waals surface area contributed by atoms with Gasteiger partial charge in [0.05, 0.1) is 18.9 Å². The first-order valence-electron chi connectivity index (χ1n) is 6.91. The molecule has 1 aromatic carbocycles. The molecule has 0 aromatic heterocycles. The summed E-state index contributed by atoms with van der Waals surface area (Å²) in [6.45, 7) is 8.81. The number of hydrogen-bond donors (Lipinski definition) is 2. The lowest BCUT2D eigenvalue weighted by Gasteiger charge is -2.44. The highest BCUT2D eigenvalue weighted by Gasteiger charge is 2.32. The molecule has 1 fully saturated rings. The fourth-order valence-corrected chi connectivity index (χ4v) is 2.73. The Kier molecular flexibility index (Phi) is 4.32. The third kappa shape index (κ3) is 3.39. The minimum absolute atomic E-state index is 0.0228. The Morgan fingerprint density at radius 2 is 2.16 bits per heavy atom. The second-order valence-electron chi connectivity index (χ2n) is 5.69. The molecule has 0 radical (unpaired) electrons. The van der Waals surface area contributed by atoms with Gasteiger partial charge in [0.1, 0.15) is 5.75 Å². The number of benzene rings is 1. The highest BCUT2D eigenvalue weighted by atomic mass is 16.5. The third-order valence-corrected chi connectivity index (χ3v) is 3.35. The Hall–Kier alpha value is -1.26. The number of aliphatic hydroxyl groups excluding tert-OH is 1. The zero-order chi connectivity index (χ0) is 13.9. The number of para-hydroxylation sites is 2. The van der Waals surface area contributed by atoms with E-state index in [1.165, 1.54) is 0 Å². The van der Waals surface area contributed by atoms with Crippen LogP contribution < -0.4 is 15.0 Å². The molecule has 0 aliphatic carbocycles. The Bertz CT molecular complexity index is 420. The highest BCUT2D eigenvalue weighted by molar-refractivity contribution is 5.59. The molecule has 1 heterocycles. The molecular weight excluding hydrogens is 240 g/mol. The molecular formula is C15H24N2O2. The summed E-state index contributed by atoms with van der Waals surface area (Å²) in [6.07, 6.45) is 0. The van der Waals surface area contributed by atoms with E-state index in [0.717, 1.165) is 24.5 Å². The summed E-state index contributed by atoms with van der Waals surface area (Å²) in [5.74, 6) is 0.916. The predicted molar refractivity (Wildman–Crippen MR) is 77.9 cm³/mol. The van der Waals surface area contributed by atoms with E-state index in [1.54, 1.807) is 0 Å². The first-order valence-corrected chi connectivity index (χ1v) is 6.91. The normalized spacial score (nSPS) is 22.3. The van der Waals surface area contributed by atoms with Crippen molar-refractivity contribution in [1.29, 1.82) is 0 Å². The van der Waals surface area contributed by atoms with Gasteiger partial charge in [-0.1, -0.05) is 12.1 Å². The fraction of sp³-hybridized carbons (Fsp3) is 0.600. The van der Waals surface area contributed by atoms with Crippen LogP contribution in [0.5, 0.6) is 5.75 Å². The summed E-state index contributed by atoms with van der Waals surface area (Å²) in [6, 6.07) is 8.20. The first-order chi connectivity index (χ1) is 9.05. The molecule has 2 N–H and O–H groups in total. The van der Waals surface area contributed by atoms with Crippen LogP contribution in [-0.2, 0) is 0 Å². The first kappa shape index (κ1) is 14.2. The third-order valence-electron chi connectivity index (χ3n) is 3.35. The van der Waals surface area contributed by atoms with Crippen molar-refractivity contribution in [3.05, 3.63) is 24.3 Å². The largest absolute Gasteiger partial charge is 0.492 e. The number of hydrogen-bond acceptors (Lipinski definition) is 4. The van der Waals surface area contributed by atoms with Crippen molar-refractivity contribution in [1.82, 2.24) is 5.32 Å². The van der Waals surface area contributed by atoms with E-state index in [1.807, 2.05) is 25.1 Å². The topological polar surface area (TPSA) is 44.7 Å². The summed E-state index contributed by atoms with van der Waals surface area (Å²) < 4.78 is 5.70. The smallest absolute Gasteiger partial charge is 0.142 e. The molecule has 0 saturated carbocycles. The second-order valence-corrected chi connectivity index (χ2v) is 5.69. The van der Waals surface area contributed by atoms with Crippen LogP contribution in [0, 0.1) is 0 Å². The van der Waals surface area contributed by atoms with E-state index in [0.29, 0.717) is 6.61 Å². The summed E-state index contributed by atoms with van der Waals surface area (Å²) in [7, 11) is 0. The van der Waals surface area contributed by atoms with Gasteiger partial charge in [-0.3, -0.25) is 0 Å². The molecule has 19 heavy (non-hydrogen) atoms. The van der Waals surface area contributed by atoms with E-state index in [9.17, 15) is 5.11 Å². The maximum Gasteiger partial charge on any atom is 0.142 e. The fourth-order valence-electron chi connectivity index (χ4n) is 2.73. The van der Waals surface area contributed by atoms with Crippen molar-refractivity contribution in [2.45, 2.75) is 32.4 Å². The van der Waals surface area contributed by atoms with Gasteiger partial charge in [0.25, 0.3) is 0 Å². The average Bonchev–Trinajstić information content (AvgIpc) is 2.38. The number of anilines is 1. The number of nitrogens with one attached hydrogen (secondary N) is 1. The Morgan fingerprint density at radius 1 is 1.42 bits per heavy atom. The van der Waals surface area contributed by atoms with Gasteiger partial charge in [0.15, 0.2) is 0 Å². The Labute approximate surface area is 115 Å². The van der Waals surface area contributed by atoms with E-state index < -0.39 is 0 Å². The van der Waals surface area contributed by atoms with Crippen LogP contribution in [0.3, 0.4) is 0 Å². The number of aliphatic hydroxyl groups is 1. The molecule has 1 saturated heterocycles. The van der Waals surface area contributed by atoms with Crippen molar-refractivity contribution in [2.75, 3.05) is 31.2 Å². The van der Waals surface area contributed by atoms with Crippen LogP contribution in [0.1, 0.15) is 20.8 Å². The summed E-state index contributed by atoms with van der Waals surface area (Å²) in [4.78, 5) is 2.29. The molecule has 0 spiro atoms. The number of nitrogens with zero attached hydrogens (tertiary/aromatic N) is 1. The van der Waals surface area contributed by atoms with E-state index >= 15 is 0 Å². The number of piperazine rings is 1. The van der Waals surface area contributed by atoms with E-state index in [4.69, 9.17) is 4.74 Å². The zero-order valence-electron chi connectivity index (χ0n) is 12.0. The molecule has 0 amide bonds. The molecule has 1 atom stereocenters. The predicted octanol–water partition coefficient (Wildman–Crippen LogP) is 1.63. The molecule has 1 aromatic rings. The molecule has 1 unspecified atom stereocenters. The lowest BCUT2D eigenvalue weighted by atomic mass is 9.98. The minimum atomic E-state index is -0.0228. The minimum Gasteiger partial charge on any atom is -0.492 e. The van der Waals surface area contributed by atoms with Gasteiger partial charge in [-0.25, -0.2) is 0 Å². The second kappa shape index (κ2) is 5.80. The monoisotopic (exact) mass is 264 g/mol. The van der Waals surface area contributed by atoms with Gasteiger partial charge in [-0.05, 0) is 32.9 Å². The summed E-state index contributed by atoms with van der Waals surface area (Å²) >= 11 is 0. The maximum absolute atomic E-state index is 9.44. The van der Waals surface area contributed by atoms with Crippen LogP contribution in [-0.4, -0.2) is 43.0 Å². The number of ether oxygens (including phenoxy) is 1. The molecule has 4 heteroatoms. The van der Waals surface area contributed by atoms with Crippen molar-refractivity contribution in [2.24, 2.45) is 0 Å². The molecule has 106 valence electrons. The van der Waals surface area contributed by atoms with Gasteiger partial charge in [-0.15, -0.1) is 0 Å². The van der Waals surface area contributed by atoms with Gasteiger partial charge in [0.2, 0.25) is 0 Å². The summed E-state index contributed by atoms with van der Waals surface area (Å²) in [5, 5.41) is 12.9. The average molecular weight is 264 g/mol. The Morgan fingerprint density at radius 3 is 2.84 bits per heavy atom. The van der Waals surface area contributed by atoms with Crippen molar-refractivity contribution >= 4 is 5.69 Å². The SMILES string of the molecule is CCOc1ccccc1N1CC(CO)NC(C)(C)C1. The molecule has 0 bridgehead atoms.